The second-order valence-electron chi connectivity index (χ2n) is 5.50. The number of allylic oxidation sites excluding steroid dienone is 2. The minimum absolute atomic E-state index is 0.0909. The molecular formula is C15H13ClF3N3S. The molecule has 8 heteroatoms. The lowest BCUT2D eigenvalue weighted by Crippen LogP contribution is -2.36. The maximum absolute atomic E-state index is 12.7. The third kappa shape index (κ3) is 3.50. The van der Waals surface area contributed by atoms with Gasteiger partial charge in [-0.15, -0.1) is 0 Å². The van der Waals surface area contributed by atoms with Crippen LogP contribution in [0.1, 0.15) is 18.4 Å². The molecule has 0 bridgehead atoms. The van der Waals surface area contributed by atoms with Crippen molar-refractivity contribution in [2.75, 3.05) is 5.32 Å². The maximum atomic E-state index is 12.7. The van der Waals surface area contributed by atoms with Gasteiger partial charge in [0.25, 0.3) is 0 Å². The Bertz CT molecular complexity index is 700. The van der Waals surface area contributed by atoms with E-state index in [1.807, 2.05) is 0 Å². The van der Waals surface area contributed by atoms with Crippen LogP contribution in [0.2, 0.25) is 5.02 Å². The zero-order valence-corrected chi connectivity index (χ0v) is 13.4. The summed E-state index contributed by atoms with van der Waals surface area (Å²) in [6, 6.07) is 3.03. The van der Waals surface area contributed by atoms with E-state index in [0.717, 1.165) is 30.7 Å². The highest BCUT2D eigenvalue weighted by molar-refractivity contribution is 7.80. The molecule has 2 aliphatic carbocycles. The number of halogens is 4. The van der Waals surface area contributed by atoms with Crippen LogP contribution in [-0.2, 0) is 6.18 Å². The van der Waals surface area contributed by atoms with Gasteiger partial charge in [0.2, 0.25) is 0 Å². The summed E-state index contributed by atoms with van der Waals surface area (Å²) in [5.41, 5.74) is 3.00. The van der Waals surface area contributed by atoms with E-state index in [0.29, 0.717) is 11.8 Å². The first-order valence-corrected chi connectivity index (χ1v) is 7.80. The van der Waals surface area contributed by atoms with E-state index in [2.05, 4.69) is 28.0 Å². The lowest BCUT2D eigenvalue weighted by Gasteiger charge is -2.31. The van der Waals surface area contributed by atoms with Gasteiger partial charge in [0, 0.05) is 11.6 Å². The highest BCUT2D eigenvalue weighted by atomic mass is 35.5. The van der Waals surface area contributed by atoms with Crippen molar-refractivity contribution in [2.45, 2.75) is 19.0 Å². The number of alkyl halides is 3. The molecule has 0 aromatic heterocycles. The monoisotopic (exact) mass is 359 g/mol. The summed E-state index contributed by atoms with van der Waals surface area (Å²) in [4.78, 5) is 0. The van der Waals surface area contributed by atoms with Gasteiger partial charge in [-0.3, -0.25) is 5.43 Å². The Balaban J connectivity index is 1.63. The lowest BCUT2D eigenvalue weighted by atomic mass is 9.74. The largest absolute Gasteiger partial charge is 0.416 e. The summed E-state index contributed by atoms with van der Waals surface area (Å²) >= 11 is 11.0. The van der Waals surface area contributed by atoms with Crippen LogP contribution in [0.4, 0.5) is 18.9 Å². The maximum Gasteiger partial charge on any atom is 0.416 e. The zero-order valence-electron chi connectivity index (χ0n) is 11.8. The van der Waals surface area contributed by atoms with E-state index in [4.69, 9.17) is 23.8 Å². The van der Waals surface area contributed by atoms with Crippen molar-refractivity contribution in [2.24, 2.45) is 16.9 Å². The molecule has 0 spiro atoms. The summed E-state index contributed by atoms with van der Waals surface area (Å²) in [6.45, 7) is 0. The standard InChI is InChI=1S/C15H13ClF3N3S/c16-11-5-4-9(15(17,18)19)7-13(11)20-14(23)22-21-12-6-8-2-1-3-10(8)12/h1-2,4-5,7-8,10H,3,6H2,(H2,20,22,23)/b21-12+/t8-,10-/m1/s1. The molecule has 1 aromatic carbocycles. The van der Waals surface area contributed by atoms with E-state index in [-0.39, 0.29) is 15.8 Å². The first-order chi connectivity index (χ1) is 10.8. The molecular weight excluding hydrogens is 347 g/mol. The van der Waals surface area contributed by atoms with E-state index in [9.17, 15) is 13.2 Å². The molecule has 3 nitrogen and oxygen atoms in total. The topological polar surface area (TPSA) is 36.4 Å². The Morgan fingerprint density at radius 1 is 1.35 bits per heavy atom. The minimum atomic E-state index is -4.44. The van der Waals surface area contributed by atoms with Gasteiger partial charge in [-0.05, 0) is 49.2 Å². The Morgan fingerprint density at radius 2 is 2.13 bits per heavy atom. The fourth-order valence-corrected chi connectivity index (χ4v) is 3.05. The van der Waals surface area contributed by atoms with Crippen molar-refractivity contribution in [3.8, 4) is 0 Å². The molecule has 0 amide bonds. The molecule has 0 saturated heterocycles. The van der Waals surface area contributed by atoms with E-state index < -0.39 is 11.7 Å². The van der Waals surface area contributed by atoms with Gasteiger partial charge in [0.1, 0.15) is 0 Å². The van der Waals surface area contributed by atoms with Crippen molar-refractivity contribution in [3.05, 3.63) is 40.9 Å². The predicted molar refractivity (Wildman–Crippen MR) is 88.6 cm³/mol. The van der Waals surface area contributed by atoms with Gasteiger partial charge in [-0.25, -0.2) is 0 Å². The van der Waals surface area contributed by atoms with Crippen molar-refractivity contribution >= 4 is 40.3 Å². The number of nitrogens with zero attached hydrogens (tertiary/aromatic N) is 1. The third-order valence-electron chi connectivity index (χ3n) is 4.01. The number of hydrogen-bond acceptors (Lipinski definition) is 2. The summed E-state index contributed by atoms with van der Waals surface area (Å²) in [7, 11) is 0. The van der Waals surface area contributed by atoms with Gasteiger partial charge in [0.05, 0.1) is 16.3 Å². The number of thiocarbonyl (C=S) groups is 1. The van der Waals surface area contributed by atoms with Crippen LogP contribution < -0.4 is 10.7 Å². The minimum Gasteiger partial charge on any atom is -0.330 e. The smallest absolute Gasteiger partial charge is 0.330 e. The van der Waals surface area contributed by atoms with Crippen LogP contribution in [0.25, 0.3) is 0 Å². The summed E-state index contributed by atoms with van der Waals surface area (Å²) in [6.07, 6.45) is 1.75. The molecule has 2 N–H and O–H groups in total. The van der Waals surface area contributed by atoms with E-state index >= 15 is 0 Å². The molecule has 122 valence electrons. The van der Waals surface area contributed by atoms with E-state index in [1.165, 1.54) is 6.07 Å². The highest BCUT2D eigenvalue weighted by Crippen LogP contribution is 2.40. The van der Waals surface area contributed by atoms with Gasteiger partial charge < -0.3 is 5.32 Å². The average Bonchev–Trinajstić information content (AvgIpc) is 2.82. The SMILES string of the molecule is FC(F)(F)c1ccc(Cl)c(NC(=S)N/N=C2\C[C@H]3C=CC[C@@H]23)c1. The second kappa shape index (κ2) is 6.13. The number of rotatable bonds is 2. The van der Waals surface area contributed by atoms with Crippen LogP contribution in [0.5, 0.6) is 0 Å². The number of benzene rings is 1. The van der Waals surface area contributed by atoms with Crippen LogP contribution in [0.15, 0.2) is 35.5 Å². The number of hydrazone groups is 1. The molecule has 3 rings (SSSR count). The molecule has 1 aromatic rings. The summed E-state index contributed by atoms with van der Waals surface area (Å²) < 4.78 is 38.2. The second-order valence-corrected chi connectivity index (χ2v) is 6.32. The van der Waals surface area contributed by atoms with Gasteiger partial charge in [-0.2, -0.15) is 18.3 Å². The van der Waals surface area contributed by atoms with Crippen LogP contribution in [0, 0.1) is 11.8 Å². The van der Waals surface area contributed by atoms with Crippen LogP contribution in [0.3, 0.4) is 0 Å². The van der Waals surface area contributed by atoms with Crippen LogP contribution >= 0.6 is 23.8 Å². The van der Waals surface area contributed by atoms with Crippen molar-refractivity contribution in [3.63, 3.8) is 0 Å². The lowest BCUT2D eigenvalue weighted by molar-refractivity contribution is -0.137. The van der Waals surface area contributed by atoms with Gasteiger partial charge >= 0.3 is 6.18 Å². The highest BCUT2D eigenvalue weighted by Gasteiger charge is 2.38. The molecule has 0 unspecified atom stereocenters. The van der Waals surface area contributed by atoms with Gasteiger partial charge in [0.15, 0.2) is 5.11 Å². The number of anilines is 1. The van der Waals surface area contributed by atoms with Crippen LogP contribution in [-0.4, -0.2) is 10.8 Å². The van der Waals surface area contributed by atoms with Crippen molar-refractivity contribution in [1.29, 1.82) is 0 Å². The molecule has 0 radical (unpaired) electrons. The molecule has 1 saturated carbocycles. The fraction of sp³-hybridized carbons (Fsp3) is 0.333. The number of hydrogen-bond donors (Lipinski definition) is 2. The molecule has 0 heterocycles. The third-order valence-corrected chi connectivity index (χ3v) is 4.53. The Labute approximate surface area is 141 Å². The predicted octanol–water partition coefficient (Wildman–Crippen LogP) is 4.60. The quantitative estimate of drug-likeness (QED) is 0.460. The first-order valence-electron chi connectivity index (χ1n) is 7.01. The molecule has 23 heavy (non-hydrogen) atoms. The Kier molecular flexibility index (Phi) is 4.33. The number of fused-ring (bicyclic) bond motifs is 1. The number of nitrogens with one attached hydrogen (secondary N) is 2. The fourth-order valence-electron chi connectivity index (χ4n) is 2.73. The summed E-state index contributed by atoms with van der Waals surface area (Å²) in [5, 5.41) is 7.13. The normalized spacial score (nSPS) is 24.3. The molecule has 2 atom stereocenters. The van der Waals surface area contributed by atoms with E-state index in [1.54, 1.807) is 0 Å². The van der Waals surface area contributed by atoms with Crippen molar-refractivity contribution in [1.82, 2.24) is 5.43 Å². The molecule has 0 aliphatic heterocycles. The summed E-state index contributed by atoms with van der Waals surface area (Å²) in [5.74, 6) is 0.998. The first kappa shape index (κ1) is 16.3. The zero-order chi connectivity index (χ0) is 16.6. The molecule has 1 fully saturated rings. The molecule has 2 aliphatic rings. The Morgan fingerprint density at radius 3 is 2.83 bits per heavy atom. The Hall–Kier alpha value is -1.60. The van der Waals surface area contributed by atoms with Crippen molar-refractivity contribution < 1.29 is 13.2 Å². The average molecular weight is 360 g/mol. The van der Waals surface area contributed by atoms with Gasteiger partial charge in [-0.1, -0.05) is 23.8 Å².